The van der Waals surface area contributed by atoms with E-state index in [1.807, 2.05) is 0 Å². The van der Waals surface area contributed by atoms with Gasteiger partial charge < -0.3 is 10.2 Å². The summed E-state index contributed by atoms with van der Waals surface area (Å²) < 4.78 is 14.0. The highest BCUT2D eigenvalue weighted by Crippen LogP contribution is 2.33. The van der Waals surface area contributed by atoms with Crippen molar-refractivity contribution in [2.75, 3.05) is 11.9 Å². The second-order valence-corrected chi connectivity index (χ2v) is 5.75. The zero-order chi connectivity index (χ0) is 15.5. The summed E-state index contributed by atoms with van der Waals surface area (Å²) in [5, 5.41) is 3.45. The largest absolute Gasteiger partial charge is 0.322 e. The number of carbonyl (C=O) groups is 1. The lowest BCUT2D eigenvalue weighted by atomic mass is 10.0. The molecule has 2 amide bonds. The molecule has 3 nitrogen and oxygen atoms in total. The smallest absolute Gasteiger partial charge is 0.317 e. The number of nitrogens with zero attached hydrogens (tertiary/aromatic N) is 1. The number of benzene rings is 2. The van der Waals surface area contributed by atoms with Gasteiger partial charge in [0, 0.05) is 22.8 Å². The van der Waals surface area contributed by atoms with Crippen molar-refractivity contribution in [3.63, 3.8) is 0 Å². The van der Waals surface area contributed by atoms with Crippen molar-refractivity contribution in [1.82, 2.24) is 4.90 Å². The highest BCUT2D eigenvalue weighted by atomic mass is 35.5. The molecule has 0 spiro atoms. The molecule has 1 aliphatic heterocycles. The minimum atomic E-state index is -0.265. The Morgan fingerprint density at radius 3 is 2.64 bits per heavy atom. The number of anilines is 1. The number of amides is 2. The fourth-order valence-electron chi connectivity index (χ4n) is 2.81. The van der Waals surface area contributed by atoms with Crippen LogP contribution in [0.3, 0.4) is 0 Å². The van der Waals surface area contributed by atoms with Crippen molar-refractivity contribution in [2.45, 2.75) is 18.9 Å². The van der Waals surface area contributed by atoms with Crippen molar-refractivity contribution in [3.05, 3.63) is 64.9 Å². The first-order chi connectivity index (χ1) is 10.6. The van der Waals surface area contributed by atoms with Crippen molar-refractivity contribution < 1.29 is 9.18 Å². The van der Waals surface area contributed by atoms with Gasteiger partial charge in [0.2, 0.25) is 0 Å². The predicted octanol–water partition coefficient (Wildman–Crippen LogP) is 4.85. The lowest BCUT2D eigenvalue weighted by molar-refractivity contribution is 0.206. The predicted molar refractivity (Wildman–Crippen MR) is 85.6 cm³/mol. The maximum Gasteiger partial charge on any atom is 0.322 e. The number of hydrogen-bond donors (Lipinski definition) is 1. The Balaban J connectivity index is 1.76. The molecule has 1 heterocycles. The van der Waals surface area contributed by atoms with Gasteiger partial charge in [-0.3, -0.25) is 0 Å². The van der Waals surface area contributed by atoms with Crippen LogP contribution in [0.2, 0.25) is 5.02 Å². The van der Waals surface area contributed by atoms with E-state index in [1.54, 1.807) is 47.4 Å². The molecule has 0 saturated carbocycles. The molecule has 1 N–H and O–H groups in total. The van der Waals surface area contributed by atoms with Crippen LogP contribution in [0.25, 0.3) is 0 Å². The molecule has 0 radical (unpaired) electrons. The van der Waals surface area contributed by atoms with E-state index in [0.717, 1.165) is 12.8 Å². The molecule has 2 aromatic rings. The number of rotatable bonds is 2. The third kappa shape index (κ3) is 3.07. The molecule has 1 atom stereocenters. The maximum absolute atomic E-state index is 14.0. The van der Waals surface area contributed by atoms with Gasteiger partial charge in [0.15, 0.2) is 0 Å². The van der Waals surface area contributed by atoms with Crippen LogP contribution in [0.4, 0.5) is 14.9 Å². The van der Waals surface area contributed by atoms with E-state index < -0.39 is 0 Å². The average molecular weight is 319 g/mol. The summed E-state index contributed by atoms with van der Waals surface area (Å²) in [6, 6.07) is 13.1. The van der Waals surface area contributed by atoms with Gasteiger partial charge in [0.1, 0.15) is 5.82 Å². The number of likely N-dealkylation sites (tertiary alicyclic amines) is 1. The third-order valence-corrected chi connectivity index (χ3v) is 4.13. The normalized spacial score (nSPS) is 17.5. The Hall–Kier alpha value is -2.07. The molecule has 1 fully saturated rings. The second kappa shape index (κ2) is 6.36. The van der Waals surface area contributed by atoms with Crippen LogP contribution in [0.5, 0.6) is 0 Å². The van der Waals surface area contributed by atoms with Gasteiger partial charge in [-0.2, -0.15) is 0 Å². The molecule has 3 rings (SSSR count). The van der Waals surface area contributed by atoms with E-state index in [1.165, 1.54) is 6.07 Å². The van der Waals surface area contributed by atoms with Crippen LogP contribution in [0, 0.1) is 5.82 Å². The summed E-state index contributed by atoms with van der Waals surface area (Å²) in [5.74, 6) is -0.265. The van der Waals surface area contributed by atoms with E-state index in [2.05, 4.69) is 5.32 Å². The van der Waals surface area contributed by atoms with Gasteiger partial charge in [-0.15, -0.1) is 0 Å². The topological polar surface area (TPSA) is 32.3 Å². The first-order valence-corrected chi connectivity index (χ1v) is 7.60. The monoisotopic (exact) mass is 318 g/mol. The molecule has 114 valence electrons. The molecule has 0 aliphatic carbocycles. The number of carbonyl (C=O) groups excluding carboxylic acids is 1. The average Bonchev–Trinajstić information content (AvgIpc) is 2.99. The summed E-state index contributed by atoms with van der Waals surface area (Å²) in [6.07, 6.45) is 1.64. The summed E-state index contributed by atoms with van der Waals surface area (Å²) >= 11 is 5.83. The lowest BCUT2D eigenvalue weighted by Gasteiger charge is -2.25. The lowest BCUT2D eigenvalue weighted by Crippen LogP contribution is -2.34. The van der Waals surface area contributed by atoms with Gasteiger partial charge in [-0.05, 0) is 43.2 Å². The highest BCUT2D eigenvalue weighted by molar-refractivity contribution is 6.30. The van der Waals surface area contributed by atoms with E-state index in [9.17, 15) is 9.18 Å². The van der Waals surface area contributed by atoms with Gasteiger partial charge >= 0.3 is 6.03 Å². The quantitative estimate of drug-likeness (QED) is 0.843. The molecular formula is C17H16ClFN2O. The Morgan fingerprint density at radius 1 is 1.18 bits per heavy atom. The van der Waals surface area contributed by atoms with Gasteiger partial charge in [0.05, 0.1) is 6.04 Å². The van der Waals surface area contributed by atoms with E-state index >= 15 is 0 Å². The summed E-state index contributed by atoms with van der Waals surface area (Å²) in [7, 11) is 0. The minimum Gasteiger partial charge on any atom is -0.317 e. The van der Waals surface area contributed by atoms with Crippen molar-refractivity contribution in [3.8, 4) is 0 Å². The van der Waals surface area contributed by atoms with Crippen LogP contribution in [-0.4, -0.2) is 17.5 Å². The molecule has 2 aromatic carbocycles. The van der Waals surface area contributed by atoms with Crippen molar-refractivity contribution in [2.24, 2.45) is 0 Å². The Kier molecular flexibility index (Phi) is 4.29. The molecule has 0 aromatic heterocycles. The fourth-order valence-corrected chi connectivity index (χ4v) is 2.93. The van der Waals surface area contributed by atoms with Gasteiger partial charge in [0.25, 0.3) is 0 Å². The number of urea groups is 1. The van der Waals surface area contributed by atoms with Gasteiger partial charge in [-0.25, -0.2) is 9.18 Å². The summed E-state index contributed by atoms with van der Waals surface area (Å²) in [4.78, 5) is 14.1. The highest BCUT2D eigenvalue weighted by Gasteiger charge is 2.31. The van der Waals surface area contributed by atoms with Gasteiger partial charge in [-0.1, -0.05) is 29.8 Å². The van der Waals surface area contributed by atoms with Crippen LogP contribution in [-0.2, 0) is 0 Å². The van der Waals surface area contributed by atoms with Crippen LogP contribution in [0.15, 0.2) is 48.5 Å². The molecular weight excluding hydrogens is 303 g/mol. The van der Waals surface area contributed by atoms with Crippen LogP contribution >= 0.6 is 11.6 Å². The molecule has 22 heavy (non-hydrogen) atoms. The number of halogens is 2. The van der Waals surface area contributed by atoms with Crippen LogP contribution < -0.4 is 5.32 Å². The molecule has 0 bridgehead atoms. The third-order valence-electron chi connectivity index (χ3n) is 3.87. The second-order valence-electron chi connectivity index (χ2n) is 5.31. The SMILES string of the molecule is O=C(Nc1ccc(Cl)cc1)N1CCCC1c1ccccc1F. The molecule has 1 aliphatic rings. The number of hydrogen-bond acceptors (Lipinski definition) is 1. The molecule has 1 unspecified atom stereocenters. The van der Waals surface area contributed by atoms with Crippen molar-refractivity contribution >= 4 is 23.3 Å². The molecule has 1 saturated heterocycles. The maximum atomic E-state index is 14.0. The Bertz CT molecular complexity index is 675. The van der Waals surface area contributed by atoms with Crippen molar-refractivity contribution in [1.29, 1.82) is 0 Å². The Morgan fingerprint density at radius 2 is 1.91 bits per heavy atom. The van der Waals surface area contributed by atoms with E-state index in [4.69, 9.17) is 11.6 Å². The first kappa shape index (κ1) is 14.9. The zero-order valence-electron chi connectivity index (χ0n) is 11.9. The molecule has 5 heteroatoms. The zero-order valence-corrected chi connectivity index (χ0v) is 12.7. The summed E-state index contributed by atoms with van der Waals surface area (Å²) in [6.45, 7) is 0.623. The first-order valence-electron chi connectivity index (χ1n) is 7.23. The summed E-state index contributed by atoms with van der Waals surface area (Å²) in [5.41, 5.74) is 1.25. The fraction of sp³-hybridized carbons (Fsp3) is 0.235. The van der Waals surface area contributed by atoms with E-state index in [-0.39, 0.29) is 17.9 Å². The number of nitrogens with one attached hydrogen (secondary N) is 1. The minimum absolute atomic E-state index is 0.214. The Labute approximate surface area is 133 Å². The van der Waals surface area contributed by atoms with E-state index in [0.29, 0.717) is 22.8 Å². The van der Waals surface area contributed by atoms with Crippen LogP contribution in [0.1, 0.15) is 24.4 Å². The standard InChI is InChI=1S/C17H16ClFN2O/c18-12-7-9-13(10-8-12)20-17(22)21-11-3-6-16(21)14-4-1-2-5-15(14)19/h1-2,4-5,7-10,16H,3,6,11H2,(H,20,22).